The Morgan fingerprint density at radius 2 is 2.04 bits per heavy atom. The average Bonchev–Trinajstić information content (AvgIpc) is 3.08. The van der Waals surface area contributed by atoms with Crippen LogP contribution in [0.15, 0.2) is 11.8 Å². The van der Waals surface area contributed by atoms with Gasteiger partial charge in [-0.05, 0) is 25.2 Å². The summed E-state index contributed by atoms with van der Waals surface area (Å²) in [6.07, 6.45) is -0.552. The second-order valence-corrected chi connectivity index (χ2v) is 6.72. The number of rotatable bonds is 9. The molecule has 0 bridgehead atoms. The van der Waals surface area contributed by atoms with Gasteiger partial charge in [-0.1, -0.05) is 32.5 Å². The van der Waals surface area contributed by atoms with Crippen molar-refractivity contribution < 1.29 is 27.5 Å². The molecule has 0 radical (unpaired) electrons. The smallest absolute Gasteiger partial charge is 0.355 e. The van der Waals surface area contributed by atoms with E-state index < -0.39 is 30.8 Å². The number of carbonyl (C=O) groups excluding carboxylic acids is 2. The van der Waals surface area contributed by atoms with E-state index in [1.54, 1.807) is 5.32 Å². The largest absolute Gasteiger partial charge is 0.471 e. The molecule has 0 saturated carbocycles. The SMILES string of the molecule is CCC(C)CC1CCC(N(C=S)/C=C(/CNC(=O)C(F)(F)F)C(=O)NC)O1. The van der Waals surface area contributed by atoms with Gasteiger partial charge in [0.25, 0.3) is 0 Å². The molecule has 2 N–H and O–H groups in total. The first-order valence-electron chi connectivity index (χ1n) is 8.78. The number of hydrogen-bond donors (Lipinski definition) is 2. The number of nitrogens with zero attached hydrogens (tertiary/aromatic N) is 1. The van der Waals surface area contributed by atoms with E-state index in [1.165, 1.54) is 23.6 Å². The molecule has 1 saturated heterocycles. The van der Waals surface area contributed by atoms with E-state index in [2.05, 4.69) is 19.2 Å². The van der Waals surface area contributed by atoms with Crippen LogP contribution in [0.4, 0.5) is 13.2 Å². The van der Waals surface area contributed by atoms with Gasteiger partial charge in [0, 0.05) is 19.8 Å². The Bertz CT molecular complexity index is 569. The highest BCUT2D eigenvalue weighted by Gasteiger charge is 2.38. The summed E-state index contributed by atoms with van der Waals surface area (Å²) in [5, 5.41) is 4.03. The molecule has 1 aliphatic rings. The van der Waals surface area contributed by atoms with Gasteiger partial charge in [-0.2, -0.15) is 13.2 Å². The third kappa shape index (κ3) is 7.45. The van der Waals surface area contributed by atoms with Crippen molar-refractivity contribution in [3.63, 3.8) is 0 Å². The number of hydrogen-bond acceptors (Lipinski definition) is 4. The van der Waals surface area contributed by atoms with E-state index in [4.69, 9.17) is 17.0 Å². The first-order valence-corrected chi connectivity index (χ1v) is 9.25. The van der Waals surface area contributed by atoms with Crippen molar-refractivity contribution in [3.05, 3.63) is 11.8 Å². The molecule has 10 heteroatoms. The van der Waals surface area contributed by atoms with E-state index in [-0.39, 0.29) is 11.7 Å². The summed E-state index contributed by atoms with van der Waals surface area (Å²) in [5.74, 6) is -2.21. The van der Waals surface area contributed by atoms with Crippen LogP contribution in [0.5, 0.6) is 0 Å². The molecule has 2 amide bonds. The second-order valence-electron chi connectivity index (χ2n) is 6.51. The molecule has 154 valence electrons. The van der Waals surface area contributed by atoms with E-state index in [0.717, 1.165) is 19.3 Å². The Kier molecular flexibility index (Phi) is 9.17. The number of nitrogens with one attached hydrogen (secondary N) is 2. The third-order valence-electron chi connectivity index (χ3n) is 4.42. The van der Waals surface area contributed by atoms with Gasteiger partial charge in [-0.3, -0.25) is 9.59 Å². The van der Waals surface area contributed by atoms with Crippen molar-refractivity contribution in [1.82, 2.24) is 15.5 Å². The molecule has 6 nitrogen and oxygen atoms in total. The molecule has 0 aromatic carbocycles. The van der Waals surface area contributed by atoms with E-state index in [9.17, 15) is 22.8 Å². The van der Waals surface area contributed by atoms with Gasteiger partial charge in [0.1, 0.15) is 6.23 Å². The molecule has 0 aromatic heterocycles. The maximum Gasteiger partial charge on any atom is 0.471 e. The van der Waals surface area contributed by atoms with Crippen LogP contribution in [0.2, 0.25) is 0 Å². The van der Waals surface area contributed by atoms with Gasteiger partial charge in [0.15, 0.2) is 0 Å². The van der Waals surface area contributed by atoms with Crippen LogP contribution in [-0.4, -0.2) is 54.3 Å². The summed E-state index contributed by atoms with van der Waals surface area (Å²) in [4.78, 5) is 24.4. The van der Waals surface area contributed by atoms with Gasteiger partial charge in [-0.25, -0.2) is 0 Å². The van der Waals surface area contributed by atoms with Crippen LogP contribution in [0.25, 0.3) is 0 Å². The zero-order chi connectivity index (χ0) is 20.6. The van der Waals surface area contributed by atoms with Gasteiger partial charge in [0.05, 0.1) is 17.2 Å². The third-order valence-corrected chi connectivity index (χ3v) is 4.67. The number of likely N-dealkylation sites (N-methyl/N-ethyl adjacent to an activating group) is 1. The van der Waals surface area contributed by atoms with Crippen molar-refractivity contribution in [3.8, 4) is 0 Å². The molecule has 1 aliphatic heterocycles. The van der Waals surface area contributed by atoms with Gasteiger partial charge in [0.2, 0.25) is 5.91 Å². The van der Waals surface area contributed by atoms with Crippen molar-refractivity contribution in [1.29, 1.82) is 0 Å². The fraction of sp³-hybridized carbons (Fsp3) is 0.706. The average molecular weight is 409 g/mol. The quantitative estimate of drug-likeness (QED) is 0.452. The molecule has 3 unspecified atom stereocenters. The number of alkyl halides is 3. The van der Waals surface area contributed by atoms with Crippen LogP contribution < -0.4 is 10.6 Å². The first kappa shape index (κ1) is 23.4. The number of halogens is 3. The van der Waals surface area contributed by atoms with Crippen LogP contribution in [0.3, 0.4) is 0 Å². The Hall–Kier alpha value is -1.68. The Morgan fingerprint density at radius 3 is 2.56 bits per heavy atom. The fourth-order valence-corrected chi connectivity index (χ4v) is 2.87. The summed E-state index contributed by atoms with van der Waals surface area (Å²) in [5.41, 5.74) is 1.22. The molecular weight excluding hydrogens is 383 g/mol. The molecule has 27 heavy (non-hydrogen) atoms. The van der Waals surface area contributed by atoms with Crippen molar-refractivity contribution >= 4 is 29.5 Å². The number of ether oxygens (including phenoxy) is 1. The predicted octanol–water partition coefficient (Wildman–Crippen LogP) is 2.50. The first-order chi connectivity index (χ1) is 12.6. The molecule has 3 atom stereocenters. The van der Waals surface area contributed by atoms with Gasteiger partial charge >= 0.3 is 12.1 Å². The maximum absolute atomic E-state index is 12.3. The minimum absolute atomic E-state index is 0.0647. The lowest BCUT2D eigenvalue weighted by Gasteiger charge is -2.25. The highest BCUT2D eigenvalue weighted by atomic mass is 32.1. The molecule has 0 spiro atoms. The van der Waals surface area contributed by atoms with Crippen molar-refractivity contribution in [2.24, 2.45) is 5.92 Å². The Morgan fingerprint density at radius 1 is 1.37 bits per heavy atom. The minimum Gasteiger partial charge on any atom is -0.355 e. The Balaban J connectivity index is 2.82. The zero-order valence-electron chi connectivity index (χ0n) is 15.6. The summed E-state index contributed by atoms with van der Waals surface area (Å²) in [7, 11) is 1.34. The van der Waals surface area contributed by atoms with Crippen LogP contribution in [0, 0.1) is 5.92 Å². The normalized spacial score (nSPS) is 21.5. The lowest BCUT2D eigenvalue weighted by molar-refractivity contribution is -0.173. The lowest BCUT2D eigenvalue weighted by Crippen LogP contribution is -2.40. The summed E-state index contributed by atoms with van der Waals surface area (Å²) < 4.78 is 43.0. The van der Waals surface area contributed by atoms with Crippen molar-refractivity contribution in [2.75, 3.05) is 13.6 Å². The molecule has 1 fully saturated rings. The monoisotopic (exact) mass is 409 g/mol. The number of carbonyl (C=O) groups is 2. The second kappa shape index (κ2) is 10.6. The molecule has 1 heterocycles. The minimum atomic E-state index is -5.02. The zero-order valence-corrected chi connectivity index (χ0v) is 16.5. The molecule has 0 aliphatic carbocycles. The topological polar surface area (TPSA) is 70.7 Å². The summed E-state index contributed by atoms with van der Waals surface area (Å²) >= 11 is 4.97. The van der Waals surface area contributed by atoms with E-state index >= 15 is 0 Å². The summed E-state index contributed by atoms with van der Waals surface area (Å²) in [6.45, 7) is 3.66. The fourth-order valence-electron chi connectivity index (χ4n) is 2.68. The van der Waals surface area contributed by atoms with Crippen LogP contribution >= 0.6 is 12.2 Å². The van der Waals surface area contributed by atoms with E-state index in [0.29, 0.717) is 12.3 Å². The summed E-state index contributed by atoms with van der Waals surface area (Å²) in [6, 6.07) is 0. The molecule has 0 aromatic rings. The predicted molar refractivity (Wildman–Crippen MR) is 98.7 cm³/mol. The van der Waals surface area contributed by atoms with Crippen LogP contribution in [-0.2, 0) is 14.3 Å². The maximum atomic E-state index is 12.3. The Labute approximate surface area is 162 Å². The lowest BCUT2D eigenvalue weighted by atomic mass is 9.99. The highest BCUT2D eigenvalue weighted by molar-refractivity contribution is 7.78. The van der Waals surface area contributed by atoms with Crippen LogP contribution in [0.1, 0.15) is 39.5 Å². The van der Waals surface area contributed by atoms with Gasteiger partial charge < -0.3 is 20.3 Å². The van der Waals surface area contributed by atoms with Crippen molar-refractivity contribution in [2.45, 2.75) is 58.0 Å². The standard InChI is InChI=1S/C17H26F3N3O3S/c1-4-11(2)7-13-5-6-14(26-13)23(10-27)9-12(15(24)21-3)8-22-16(25)17(18,19)20/h9-11,13-14H,4-8H2,1-3H3,(H,21,24)(H,22,25)/b12-9-. The molecular formula is C17H26F3N3O3S. The number of thiocarbonyl (C=S) groups is 1. The van der Waals surface area contributed by atoms with Gasteiger partial charge in [-0.15, -0.1) is 0 Å². The highest BCUT2D eigenvalue weighted by Crippen LogP contribution is 2.28. The number of amides is 2. The molecule has 1 rings (SSSR count). The van der Waals surface area contributed by atoms with E-state index in [1.807, 2.05) is 0 Å².